The summed E-state index contributed by atoms with van der Waals surface area (Å²) < 4.78 is 30.4. The molecule has 0 saturated carbocycles. The summed E-state index contributed by atoms with van der Waals surface area (Å²) in [6.07, 6.45) is 2.25. The number of ether oxygens (including phenoxy) is 1. The highest BCUT2D eigenvalue weighted by molar-refractivity contribution is 4.69. The minimum atomic E-state index is -2.77. The lowest BCUT2D eigenvalue weighted by atomic mass is 10.3. The lowest BCUT2D eigenvalue weighted by Gasteiger charge is -2.16. The summed E-state index contributed by atoms with van der Waals surface area (Å²) in [5, 5.41) is 2.58. The maximum Gasteiger partial charge on any atom is 0.283 e. The van der Waals surface area contributed by atoms with Gasteiger partial charge in [-0.15, -0.1) is 6.58 Å². The molecule has 0 aliphatic heterocycles. The van der Waals surface area contributed by atoms with Crippen LogP contribution in [0.3, 0.4) is 0 Å². The maximum atomic E-state index is 12.8. The predicted octanol–water partition coefficient (Wildman–Crippen LogP) is 1.82. The smallest absolute Gasteiger partial charge is 0.283 e. The van der Waals surface area contributed by atoms with E-state index in [1.54, 1.807) is 13.0 Å². The van der Waals surface area contributed by atoms with Crippen molar-refractivity contribution in [1.82, 2.24) is 5.32 Å². The van der Waals surface area contributed by atoms with Crippen LogP contribution in [-0.4, -0.2) is 32.2 Å². The molecule has 78 valence electrons. The van der Waals surface area contributed by atoms with Crippen molar-refractivity contribution < 1.29 is 13.5 Å². The second kappa shape index (κ2) is 6.97. The second-order valence-corrected chi connectivity index (χ2v) is 2.77. The average molecular weight is 193 g/mol. The van der Waals surface area contributed by atoms with Crippen molar-refractivity contribution in [1.29, 1.82) is 0 Å². The summed E-state index contributed by atoms with van der Waals surface area (Å²) in [5.41, 5.74) is 0. The molecule has 0 rings (SSSR count). The Labute approximate surface area is 78.0 Å². The molecule has 0 aliphatic carbocycles. The first-order valence-corrected chi connectivity index (χ1v) is 4.39. The average Bonchev–Trinajstić information content (AvgIpc) is 2.09. The molecule has 0 aromatic carbocycles. The molecule has 1 N–H and O–H groups in total. The second-order valence-electron chi connectivity index (χ2n) is 2.77. The molecule has 0 radical (unpaired) electrons. The Bertz CT molecular complexity index is 140. The molecule has 0 aromatic heterocycles. The highest BCUT2D eigenvalue weighted by Crippen LogP contribution is 2.12. The van der Waals surface area contributed by atoms with Crippen LogP contribution >= 0.6 is 0 Å². The van der Waals surface area contributed by atoms with Gasteiger partial charge in [0.25, 0.3) is 5.92 Å². The molecule has 0 aromatic rings. The molecule has 0 aliphatic rings. The first-order valence-electron chi connectivity index (χ1n) is 4.39. The molecule has 2 nitrogen and oxygen atoms in total. The topological polar surface area (TPSA) is 21.3 Å². The van der Waals surface area contributed by atoms with Gasteiger partial charge in [-0.25, -0.2) is 8.78 Å². The zero-order valence-corrected chi connectivity index (χ0v) is 7.98. The predicted molar refractivity (Wildman–Crippen MR) is 49.1 cm³/mol. The lowest BCUT2D eigenvalue weighted by molar-refractivity contribution is -0.0734. The largest absolute Gasteiger partial charge is 0.375 e. The van der Waals surface area contributed by atoms with Crippen molar-refractivity contribution in [2.24, 2.45) is 0 Å². The van der Waals surface area contributed by atoms with Crippen LogP contribution in [-0.2, 0) is 4.74 Å². The van der Waals surface area contributed by atoms with Gasteiger partial charge in [0.2, 0.25) is 0 Å². The van der Waals surface area contributed by atoms with Crippen molar-refractivity contribution >= 4 is 0 Å². The van der Waals surface area contributed by atoms with Gasteiger partial charge in [0.05, 0.1) is 13.2 Å². The number of hydrogen-bond acceptors (Lipinski definition) is 2. The first kappa shape index (κ1) is 12.5. The van der Waals surface area contributed by atoms with Crippen LogP contribution < -0.4 is 5.32 Å². The minimum Gasteiger partial charge on any atom is -0.375 e. The van der Waals surface area contributed by atoms with Crippen molar-refractivity contribution in [3.05, 3.63) is 12.7 Å². The zero-order chi connectivity index (χ0) is 10.2. The van der Waals surface area contributed by atoms with Gasteiger partial charge in [0.15, 0.2) is 0 Å². The summed E-state index contributed by atoms with van der Waals surface area (Å²) in [7, 11) is 0. The molecule has 0 spiro atoms. The highest BCUT2D eigenvalue weighted by atomic mass is 19.3. The quantitative estimate of drug-likeness (QED) is 0.469. The molecule has 0 atom stereocenters. The molecule has 0 heterocycles. The summed E-state index contributed by atoms with van der Waals surface area (Å²) in [4.78, 5) is 0. The first-order chi connectivity index (χ1) is 6.12. The third-order valence-corrected chi connectivity index (χ3v) is 1.41. The van der Waals surface area contributed by atoms with E-state index in [0.29, 0.717) is 19.6 Å². The van der Waals surface area contributed by atoms with Gasteiger partial charge in [-0.3, -0.25) is 0 Å². The van der Waals surface area contributed by atoms with Crippen LogP contribution in [0.2, 0.25) is 0 Å². The van der Waals surface area contributed by atoms with Crippen LogP contribution in [0.25, 0.3) is 0 Å². The normalized spacial score (nSPS) is 11.6. The third kappa shape index (κ3) is 7.87. The number of hydrogen-bond donors (Lipinski definition) is 1. The fourth-order valence-corrected chi connectivity index (χ4v) is 0.747. The van der Waals surface area contributed by atoms with Crippen LogP contribution in [0.15, 0.2) is 12.7 Å². The lowest BCUT2D eigenvalue weighted by Crippen LogP contribution is -2.36. The van der Waals surface area contributed by atoms with Crippen LogP contribution in [0.5, 0.6) is 0 Å². The van der Waals surface area contributed by atoms with Gasteiger partial charge >= 0.3 is 0 Å². The third-order valence-electron chi connectivity index (χ3n) is 1.41. The van der Waals surface area contributed by atoms with Crippen molar-refractivity contribution in [3.63, 3.8) is 0 Å². The van der Waals surface area contributed by atoms with Gasteiger partial charge < -0.3 is 10.1 Å². The van der Waals surface area contributed by atoms with E-state index >= 15 is 0 Å². The zero-order valence-electron chi connectivity index (χ0n) is 7.98. The van der Waals surface area contributed by atoms with E-state index in [2.05, 4.69) is 11.9 Å². The fourth-order valence-electron chi connectivity index (χ4n) is 0.747. The summed E-state index contributed by atoms with van der Waals surface area (Å²) >= 11 is 0. The van der Waals surface area contributed by atoms with E-state index in [0.717, 1.165) is 0 Å². The Balaban J connectivity index is 3.44. The Morgan fingerprint density at radius 1 is 1.54 bits per heavy atom. The number of alkyl halides is 2. The molecular formula is C9H17F2NO. The van der Waals surface area contributed by atoms with Crippen molar-refractivity contribution in [3.8, 4) is 0 Å². The fraction of sp³-hybridized carbons (Fsp3) is 0.778. The monoisotopic (exact) mass is 193 g/mol. The molecular weight excluding hydrogens is 176 g/mol. The summed E-state index contributed by atoms with van der Waals surface area (Å²) in [5.74, 6) is -2.77. The van der Waals surface area contributed by atoms with E-state index in [-0.39, 0.29) is 6.54 Å². The van der Waals surface area contributed by atoms with E-state index in [1.807, 2.05) is 0 Å². The van der Waals surface area contributed by atoms with Gasteiger partial charge in [-0.1, -0.05) is 13.0 Å². The minimum absolute atomic E-state index is 0.311. The molecule has 0 amide bonds. The van der Waals surface area contributed by atoms with Crippen LogP contribution in [0.4, 0.5) is 8.78 Å². The van der Waals surface area contributed by atoms with Crippen LogP contribution in [0.1, 0.15) is 13.3 Å². The SMILES string of the molecule is C=CCCOCC(F)(F)CNCC. The highest BCUT2D eigenvalue weighted by Gasteiger charge is 2.28. The number of rotatable bonds is 8. The standard InChI is InChI=1S/C9H17F2NO/c1-3-5-6-13-8-9(10,11)7-12-4-2/h3,12H,1,4-8H2,2H3. The van der Waals surface area contributed by atoms with E-state index in [4.69, 9.17) is 4.74 Å². The Kier molecular flexibility index (Phi) is 6.72. The molecule has 4 heteroatoms. The van der Waals surface area contributed by atoms with Gasteiger partial charge in [-0.2, -0.15) is 0 Å². The molecule has 0 saturated heterocycles. The molecule has 0 unspecified atom stereocenters. The Morgan fingerprint density at radius 3 is 2.77 bits per heavy atom. The van der Waals surface area contributed by atoms with Gasteiger partial charge in [-0.05, 0) is 13.0 Å². The van der Waals surface area contributed by atoms with Crippen LogP contribution in [0, 0.1) is 0 Å². The number of nitrogens with one attached hydrogen (secondary N) is 1. The maximum absolute atomic E-state index is 12.8. The Hall–Kier alpha value is -0.480. The van der Waals surface area contributed by atoms with Gasteiger partial charge in [0, 0.05) is 0 Å². The van der Waals surface area contributed by atoms with Crippen molar-refractivity contribution in [2.75, 3.05) is 26.3 Å². The van der Waals surface area contributed by atoms with E-state index in [9.17, 15) is 8.78 Å². The molecule has 0 bridgehead atoms. The Morgan fingerprint density at radius 2 is 2.23 bits per heavy atom. The van der Waals surface area contributed by atoms with E-state index in [1.165, 1.54) is 0 Å². The molecule has 13 heavy (non-hydrogen) atoms. The molecule has 0 fully saturated rings. The van der Waals surface area contributed by atoms with Crippen molar-refractivity contribution in [2.45, 2.75) is 19.3 Å². The van der Waals surface area contributed by atoms with Gasteiger partial charge in [0.1, 0.15) is 6.61 Å². The summed E-state index contributed by atoms with van der Waals surface area (Å²) in [6, 6.07) is 0. The summed E-state index contributed by atoms with van der Waals surface area (Å²) in [6.45, 7) is 5.26. The van der Waals surface area contributed by atoms with E-state index < -0.39 is 12.5 Å². The number of halogens is 2.